The maximum Gasteiger partial charge on any atom is 0.191 e. The van der Waals surface area contributed by atoms with Gasteiger partial charge in [-0.2, -0.15) is 0 Å². The van der Waals surface area contributed by atoms with Crippen molar-refractivity contribution in [3.8, 4) is 0 Å². The van der Waals surface area contributed by atoms with Gasteiger partial charge in [0.2, 0.25) is 0 Å². The maximum absolute atomic E-state index is 4.62. The Bertz CT molecular complexity index is 881. The summed E-state index contributed by atoms with van der Waals surface area (Å²) in [7, 11) is 0. The molecule has 0 saturated heterocycles. The van der Waals surface area contributed by atoms with Crippen LogP contribution in [0.2, 0.25) is 0 Å². The fraction of sp³-hybridized carbons (Fsp3) is 0.421. The Labute approximate surface area is 177 Å². The molecule has 2 aromatic heterocycles. The molecule has 0 unspecified atom stereocenters. The van der Waals surface area contributed by atoms with Gasteiger partial charge in [-0.25, -0.2) is 4.99 Å². The molecule has 3 aromatic rings. The molecule has 0 fully saturated rings. The van der Waals surface area contributed by atoms with Gasteiger partial charge in [0, 0.05) is 36.7 Å². The highest BCUT2D eigenvalue weighted by Crippen LogP contribution is 2.19. The molecular formula is C19H28IN7. The van der Waals surface area contributed by atoms with E-state index in [1.54, 1.807) is 6.33 Å². The highest BCUT2D eigenvalue weighted by atomic mass is 127. The topological polar surface area (TPSA) is 82.9 Å². The highest BCUT2D eigenvalue weighted by Gasteiger charge is 2.06. The number of H-pyrrole nitrogens is 1. The number of aromatic nitrogens is 4. The third kappa shape index (κ3) is 5.44. The molecule has 3 rings (SSSR count). The van der Waals surface area contributed by atoms with Crippen LogP contribution < -0.4 is 10.6 Å². The Hall–Kier alpha value is -2.10. The third-order valence-electron chi connectivity index (χ3n) is 4.37. The largest absolute Gasteiger partial charge is 0.361 e. The summed E-state index contributed by atoms with van der Waals surface area (Å²) in [6, 6.07) is 6.53. The zero-order valence-electron chi connectivity index (χ0n) is 16.1. The van der Waals surface area contributed by atoms with E-state index in [0.717, 1.165) is 37.8 Å². The van der Waals surface area contributed by atoms with Crippen molar-refractivity contribution in [3.63, 3.8) is 0 Å². The predicted octanol–water partition coefficient (Wildman–Crippen LogP) is 3.00. The second-order valence-electron chi connectivity index (χ2n) is 6.27. The zero-order chi connectivity index (χ0) is 18.4. The molecule has 0 aliphatic rings. The molecule has 146 valence electrons. The minimum Gasteiger partial charge on any atom is -0.361 e. The fourth-order valence-corrected chi connectivity index (χ4v) is 2.98. The molecule has 3 N–H and O–H groups in total. The molecule has 0 bridgehead atoms. The molecule has 0 amide bonds. The summed E-state index contributed by atoms with van der Waals surface area (Å²) in [5.41, 5.74) is 3.78. The molecule has 2 heterocycles. The van der Waals surface area contributed by atoms with Crippen molar-refractivity contribution in [1.82, 2.24) is 30.4 Å². The van der Waals surface area contributed by atoms with Crippen molar-refractivity contribution in [2.75, 3.05) is 13.1 Å². The van der Waals surface area contributed by atoms with Crippen LogP contribution in [0.5, 0.6) is 0 Å². The molecule has 0 aliphatic carbocycles. The smallest absolute Gasteiger partial charge is 0.191 e. The standard InChI is InChI=1S/C19H27N7.HI/c1-4-20-19(23-12-18-25-24-13-26(18)5-2)21-9-8-15-11-22-17-10-14(3)6-7-16(15)17;/h6-7,10-11,13,22H,4-5,8-9,12H2,1-3H3,(H2,20,21,23);1H. The minimum atomic E-state index is 0. The Morgan fingerprint density at radius 3 is 2.89 bits per heavy atom. The van der Waals surface area contributed by atoms with Gasteiger partial charge in [0.25, 0.3) is 0 Å². The second-order valence-corrected chi connectivity index (χ2v) is 6.27. The van der Waals surface area contributed by atoms with E-state index in [1.807, 2.05) is 4.57 Å². The van der Waals surface area contributed by atoms with Crippen LogP contribution >= 0.6 is 24.0 Å². The average Bonchev–Trinajstić information content (AvgIpc) is 3.25. The first-order valence-electron chi connectivity index (χ1n) is 9.16. The number of benzene rings is 1. The molecule has 27 heavy (non-hydrogen) atoms. The first-order chi connectivity index (χ1) is 12.7. The minimum absolute atomic E-state index is 0. The second kappa shape index (κ2) is 10.3. The predicted molar refractivity (Wildman–Crippen MR) is 121 cm³/mol. The fourth-order valence-electron chi connectivity index (χ4n) is 2.98. The van der Waals surface area contributed by atoms with Gasteiger partial charge in [0.15, 0.2) is 11.8 Å². The Kier molecular flexibility index (Phi) is 8.08. The van der Waals surface area contributed by atoms with Gasteiger partial charge in [-0.3, -0.25) is 0 Å². The van der Waals surface area contributed by atoms with Crippen molar-refractivity contribution < 1.29 is 0 Å². The van der Waals surface area contributed by atoms with Crippen LogP contribution in [0.25, 0.3) is 10.9 Å². The number of rotatable bonds is 7. The molecule has 0 saturated carbocycles. The van der Waals surface area contributed by atoms with Gasteiger partial charge >= 0.3 is 0 Å². The number of hydrogen-bond donors (Lipinski definition) is 3. The Morgan fingerprint density at radius 2 is 2.11 bits per heavy atom. The van der Waals surface area contributed by atoms with E-state index in [1.165, 1.54) is 22.0 Å². The van der Waals surface area contributed by atoms with Crippen molar-refractivity contribution in [3.05, 3.63) is 47.7 Å². The summed E-state index contributed by atoms with van der Waals surface area (Å²) < 4.78 is 2.00. The number of aryl methyl sites for hydroxylation is 2. The lowest BCUT2D eigenvalue weighted by molar-refractivity contribution is 0.694. The van der Waals surface area contributed by atoms with Gasteiger partial charge in [-0.15, -0.1) is 34.2 Å². The first-order valence-corrected chi connectivity index (χ1v) is 9.16. The van der Waals surface area contributed by atoms with Gasteiger partial charge in [0.1, 0.15) is 12.9 Å². The van der Waals surface area contributed by atoms with Crippen LogP contribution in [0.1, 0.15) is 30.8 Å². The van der Waals surface area contributed by atoms with Crippen LogP contribution in [0, 0.1) is 6.92 Å². The number of nitrogens with one attached hydrogen (secondary N) is 3. The van der Waals surface area contributed by atoms with Gasteiger partial charge in [0.05, 0.1) is 0 Å². The van der Waals surface area contributed by atoms with E-state index in [2.05, 4.69) is 76.0 Å². The summed E-state index contributed by atoms with van der Waals surface area (Å²) >= 11 is 0. The number of nitrogens with zero attached hydrogens (tertiary/aromatic N) is 4. The van der Waals surface area contributed by atoms with Crippen LogP contribution in [-0.4, -0.2) is 38.8 Å². The number of fused-ring (bicyclic) bond motifs is 1. The number of hydrogen-bond acceptors (Lipinski definition) is 3. The van der Waals surface area contributed by atoms with Crippen molar-refractivity contribution in [1.29, 1.82) is 0 Å². The van der Waals surface area contributed by atoms with Crippen molar-refractivity contribution >= 4 is 40.8 Å². The average molecular weight is 481 g/mol. The monoisotopic (exact) mass is 481 g/mol. The summed E-state index contributed by atoms with van der Waals surface area (Å²) in [5.74, 6) is 1.67. The van der Waals surface area contributed by atoms with Gasteiger partial charge < -0.3 is 20.2 Å². The molecule has 7 nitrogen and oxygen atoms in total. The van der Waals surface area contributed by atoms with Crippen LogP contribution in [-0.2, 0) is 19.5 Å². The molecule has 1 aromatic carbocycles. The lowest BCUT2D eigenvalue weighted by Gasteiger charge is -2.11. The molecule has 0 aliphatic heterocycles. The quantitative estimate of drug-likeness (QED) is 0.275. The van der Waals surface area contributed by atoms with E-state index in [-0.39, 0.29) is 24.0 Å². The Morgan fingerprint density at radius 1 is 1.26 bits per heavy atom. The molecule has 0 spiro atoms. The van der Waals surface area contributed by atoms with E-state index in [9.17, 15) is 0 Å². The van der Waals surface area contributed by atoms with E-state index >= 15 is 0 Å². The van der Waals surface area contributed by atoms with Crippen molar-refractivity contribution in [2.45, 2.75) is 40.3 Å². The van der Waals surface area contributed by atoms with Crippen LogP contribution in [0.15, 0.2) is 35.7 Å². The van der Waals surface area contributed by atoms with E-state index < -0.39 is 0 Å². The molecule has 0 atom stereocenters. The van der Waals surface area contributed by atoms with Crippen LogP contribution in [0.3, 0.4) is 0 Å². The molecule has 0 radical (unpaired) electrons. The van der Waals surface area contributed by atoms with Crippen molar-refractivity contribution in [2.24, 2.45) is 4.99 Å². The van der Waals surface area contributed by atoms with Gasteiger partial charge in [-0.05, 0) is 44.4 Å². The zero-order valence-corrected chi connectivity index (χ0v) is 18.4. The molecule has 8 heteroatoms. The van der Waals surface area contributed by atoms with Gasteiger partial charge in [-0.1, -0.05) is 12.1 Å². The van der Waals surface area contributed by atoms with E-state index in [0.29, 0.717) is 6.54 Å². The normalized spacial score (nSPS) is 11.4. The number of halogens is 1. The van der Waals surface area contributed by atoms with Crippen LogP contribution in [0.4, 0.5) is 0 Å². The summed E-state index contributed by atoms with van der Waals surface area (Å²) in [5, 5.41) is 16.0. The lowest BCUT2D eigenvalue weighted by Crippen LogP contribution is -2.38. The summed E-state index contributed by atoms with van der Waals surface area (Å²) in [6.07, 6.45) is 4.77. The third-order valence-corrected chi connectivity index (χ3v) is 4.37. The SMILES string of the molecule is CCNC(=NCc1nncn1CC)NCCc1c[nH]c2cc(C)ccc12.I. The maximum atomic E-state index is 4.62. The lowest BCUT2D eigenvalue weighted by atomic mass is 10.1. The first kappa shape index (κ1) is 21.2. The molecular weight excluding hydrogens is 453 g/mol. The number of guanidine groups is 1. The number of aliphatic imine (C=N–C) groups is 1. The number of aromatic amines is 1. The van der Waals surface area contributed by atoms with E-state index in [4.69, 9.17) is 0 Å². The summed E-state index contributed by atoms with van der Waals surface area (Å²) in [4.78, 5) is 7.98. The highest BCUT2D eigenvalue weighted by molar-refractivity contribution is 14.0. The Balaban J connectivity index is 0.00000261. The summed E-state index contributed by atoms with van der Waals surface area (Å²) in [6.45, 7) is 9.24.